The van der Waals surface area contributed by atoms with Gasteiger partial charge in [0, 0.05) is 51.4 Å². The molecule has 26 heavy (non-hydrogen) atoms. The van der Waals surface area contributed by atoms with Crippen molar-refractivity contribution in [3.05, 3.63) is 30.3 Å². The highest BCUT2D eigenvalue weighted by atomic mass is 16.2. The van der Waals surface area contributed by atoms with Crippen LogP contribution >= 0.6 is 0 Å². The first-order valence-electron chi connectivity index (χ1n) is 9.21. The first-order valence-corrected chi connectivity index (χ1v) is 9.21. The predicted octanol–water partition coefficient (Wildman–Crippen LogP) is 0.320. The monoisotopic (exact) mass is 358 g/mol. The molecule has 140 valence electrons. The molecule has 2 aliphatic heterocycles. The summed E-state index contributed by atoms with van der Waals surface area (Å²) in [6.45, 7) is 5.83. The van der Waals surface area contributed by atoms with Crippen molar-refractivity contribution in [1.82, 2.24) is 15.1 Å². The summed E-state index contributed by atoms with van der Waals surface area (Å²) in [6.07, 6.45) is 0.240. The van der Waals surface area contributed by atoms with Gasteiger partial charge in [-0.2, -0.15) is 0 Å². The summed E-state index contributed by atoms with van der Waals surface area (Å²) in [5.41, 5.74) is 1.17. The lowest BCUT2D eigenvalue weighted by molar-refractivity contribution is -0.134. The molecule has 2 fully saturated rings. The van der Waals surface area contributed by atoms with E-state index in [-0.39, 0.29) is 36.6 Å². The molecule has 0 saturated carbocycles. The number of piperazine rings is 1. The Kier molecular flexibility index (Phi) is 5.75. The molecule has 0 aliphatic carbocycles. The van der Waals surface area contributed by atoms with Crippen molar-refractivity contribution in [2.75, 3.05) is 50.7 Å². The van der Waals surface area contributed by atoms with E-state index in [1.165, 1.54) is 5.69 Å². The molecule has 0 aromatic heterocycles. The predicted molar refractivity (Wildman–Crippen MR) is 98.6 cm³/mol. The van der Waals surface area contributed by atoms with Gasteiger partial charge in [0.1, 0.15) is 0 Å². The van der Waals surface area contributed by atoms with E-state index in [4.69, 9.17) is 0 Å². The number of nitrogens with one attached hydrogen (secondary N) is 1. The van der Waals surface area contributed by atoms with Gasteiger partial charge in [0.05, 0.1) is 12.5 Å². The quantitative estimate of drug-likeness (QED) is 0.823. The molecule has 2 saturated heterocycles. The number of amides is 3. The topological polar surface area (TPSA) is 73.0 Å². The first kappa shape index (κ1) is 18.2. The lowest BCUT2D eigenvalue weighted by Crippen LogP contribution is -2.51. The van der Waals surface area contributed by atoms with E-state index < -0.39 is 0 Å². The molecule has 1 N–H and O–H groups in total. The van der Waals surface area contributed by atoms with Crippen LogP contribution in [0.2, 0.25) is 0 Å². The third-order valence-electron chi connectivity index (χ3n) is 5.13. The minimum atomic E-state index is -0.342. The summed E-state index contributed by atoms with van der Waals surface area (Å²) in [5.74, 6) is -0.602. The van der Waals surface area contributed by atoms with E-state index in [1.54, 1.807) is 9.80 Å². The Morgan fingerprint density at radius 2 is 1.81 bits per heavy atom. The van der Waals surface area contributed by atoms with Crippen LogP contribution in [0, 0.1) is 5.92 Å². The van der Waals surface area contributed by atoms with Gasteiger partial charge in [0.2, 0.25) is 17.7 Å². The number of anilines is 1. The minimum absolute atomic E-state index is 0.000978. The number of para-hydroxylation sites is 1. The van der Waals surface area contributed by atoms with Crippen molar-refractivity contribution >= 4 is 23.4 Å². The van der Waals surface area contributed by atoms with E-state index in [0.29, 0.717) is 26.2 Å². The fraction of sp³-hybridized carbons (Fsp3) is 0.526. The number of carbonyl (C=O) groups excluding carboxylic acids is 3. The van der Waals surface area contributed by atoms with Crippen molar-refractivity contribution in [2.24, 2.45) is 5.92 Å². The average molecular weight is 358 g/mol. The molecule has 7 heteroatoms. The van der Waals surface area contributed by atoms with Gasteiger partial charge < -0.3 is 20.0 Å². The van der Waals surface area contributed by atoms with Crippen LogP contribution in [-0.4, -0.2) is 73.3 Å². The van der Waals surface area contributed by atoms with Gasteiger partial charge in [0.25, 0.3) is 0 Å². The fourth-order valence-electron chi connectivity index (χ4n) is 3.53. The Morgan fingerprint density at radius 3 is 2.42 bits per heavy atom. The molecule has 2 aliphatic rings. The van der Waals surface area contributed by atoms with Crippen LogP contribution in [-0.2, 0) is 14.4 Å². The molecule has 1 aromatic rings. The van der Waals surface area contributed by atoms with Gasteiger partial charge in [-0.15, -0.1) is 0 Å². The van der Waals surface area contributed by atoms with E-state index in [9.17, 15) is 14.4 Å². The summed E-state index contributed by atoms with van der Waals surface area (Å²) in [7, 11) is 0. The molecule has 3 amide bonds. The maximum atomic E-state index is 12.4. The first-order chi connectivity index (χ1) is 12.6. The Hall–Kier alpha value is -2.57. The summed E-state index contributed by atoms with van der Waals surface area (Å²) in [4.78, 5) is 42.0. The average Bonchev–Trinajstić information content (AvgIpc) is 3.07. The van der Waals surface area contributed by atoms with Crippen LogP contribution in [0.25, 0.3) is 0 Å². The smallest absolute Gasteiger partial charge is 0.242 e. The maximum Gasteiger partial charge on any atom is 0.242 e. The third kappa shape index (κ3) is 4.15. The highest BCUT2D eigenvalue weighted by Gasteiger charge is 2.33. The molecule has 7 nitrogen and oxygen atoms in total. The standard InChI is InChI=1S/C19H26N4O3/c1-2-21-14-15(12-17(21)24)19(26)20-13-18(25)23-10-8-22(9-11-23)16-6-4-3-5-7-16/h3-7,15H,2,8-14H2,1H3,(H,20,26)/t15-/m1/s1. The second-order valence-electron chi connectivity index (χ2n) is 6.75. The zero-order valence-corrected chi connectivity index (χ0v) is 15.2. The number of rotatable bonds is 5. The zero-order valence-electron chi connectivity index (χ0n) is 15.2. The second kappa shape index (κ2) is 8.21. The highest BCUT2D eigenvalue weighted by molar-refractivity contribution is 5.91. The molecular weight excluding hydrogens is 332 g/mol. The Balaban J connectivity index is 1.42. The number of carbonyl (C=O) groups is 3. The molecular formula is C19H26N4O3. The summed E-state index contributed by atoms with van der Waals surface area (Å²) in [5, 5.41) is 2.71. The van der Waals surface area contributed by atoms with Crippen molar-refractivity contribution in [3.8, 4) is 0 Å². The van der Waals surface area contributed by atoms with Crippen LogP contribution in [0.1, 0.15) is 13.3 Å². The van der Waals surface area contributed by atoms with E-state index in [0.717, 1.165) is 13.1 Å². The lowest BCUT2D eigenvalue weighted by atomic mass is 10.1. The second-order valence-corrected chi connectivity index (χ2v) is 6.75. The van der Waals surface area contributed by atoms with Crippen LogP contribution < -0.4 is 10.2 Å². The number of benzene rings is 1. The molecule has 0 radical (unpaired) electrons. The van der Waals surface area contributed by atoms with Crippen LogP contribution in [0.3, 0.4) is 0 Å². The fourth-order valence-corrected chi connectivity index (χ4v) is 3.53. The third-order valence-corrected chi connectivity index (χ3v) is 5.13. The van der Waals surface area contributed by atoms with E-state index >= 15 is 0 Å². The van der Waals surface area contributed by atoms with Gasteiger partial charge in [-0.25, -0.2) is 0 Å². The van der Waals surface area contributed by atoms with Crippen LogP contribution in [0.5, 0.6) is 0 Å². The molecule has 2 heterocycles. The Bertz CT molecular complexity index is 656. The largest absolute Gasteiger partial charge is 0.368 e. The minimum Gasteiger partial charge on any atom is -0.368 e. The summed E-state index contributed by atoms with van der Waals surface area (Å²) in [6, 6.07) is 10.1. The number of hydrogen-bond donors (Lipinski definition) is 1. The number of hydrogen-bond acceptors (Lipinski definition) is 4. The van der Waals surface area contributed by atoms with Gasteiger partial charge in [-0.1, -0.05) is 18.2 Å². The van der Waals surface area contributed by atoms with Crippen molar-refractivity contribution in [2.45, 2.75) is 13.3 Å². The van der Waals surface area contributed by atoms with Gasteiger partial charge in [-0.3, -0.25) is 14.4 Å². The number of likely N-dealkylation sites (tertiary alicyclic amines) is 1. The lowest BCUT2D eigenvalue weighted by Gasteiger charge is -2.36. The van der Waals surface area contributed by atoms with Crippen molar-refractivity contribution < 1.29 is 14.4 Å². The molecule has 1 aromatic carbocycles. The Labute approximate surface area is 153 Å². The number of nitrogens with zero attached hydrogens (tertiary/aromatic N) is 3. The molecule has 1 atom stereocenters. The van der Waals surface area contributed by atoms with Gasteiger partial charge in [0.15, 0.2) is 0 Å². The van der Waals surface area contributed by atoms with Crippen molar-refractivity contribution in [3.63, 3.8) is 0 Å². The molecule has 0 spiro atoms. The highest BCUT2D eigenvalue weighted by Crippen LogP contribution is 2.18. The maximum absolute atomic E-state index is 12.4. The normalized spacial score (nSPS) is 20.4. The summed E-state index contributed by atoms with van der Waals surface area (Å²) < 4.78 is 0. The van der Waals surface area contributed by atoms with Crippen molar-refractivity contribution in [1.29, 1.82) is 0 Å². The molecule has 0 bridgehead atoms. The molecule has 3 rings (SSSR count). The van der Waals surface area contributed by atoms with Crippen LogP contribution in [0.4, 0.5) is 5.69 Å². The molecule has 0 unspecified atom stereocenters. The van der Waals surface area contributed by atoms with Crippen LogP contribution in [0.15, 0.2) is 30.3 Å². The summed E-state index contributed by atoms with van der Waals surface area (Å²) >= 11 is 0. The van der Waals surface area contributed by atoms with Gasteiger partial charge >= 0.3 is 0 Å². The Morgan fingerprint density at radius 1 is 1.12 bits per heavy atom. The van der Waals surface area contributed by atoms with Gasteiger partial charge in [-0.05, 0) is 19.1 Å². The SMILES string of the molecule is CCN1C[C@H](C(=O)NCC(=O)N2CCN(c3ccccc3)CC2)CC1=O. The zero-order chi connectivity index (χ0) is 18.5. The van der Waals surface area contributed by atoms with E-state index in [1.807, 2.05) is 25.1 Å². The van der Waals surface area contributed by atoms with E-state index in [2.05, 4.69) is 22.3 Å².